The molecule has 0 saturated carbocycles. The molecule has 0 saturated heterocycles. The second-order valence-electron chi connectivity index (χ2n) is 4.62. The highest BCUT2D eigenvalue weighted by molar-refractivity contribution is 6.34. The van der Waals surface area contributed by atoms with Crippen LogP contribution in [0.1, 0.15) is 5.56 Å². The van der Waals surface area contributed by atoms with E-state index in [4.69, 9.17) is 23.2 Å². The number of hydrogen-bond donors (Lipinski definition) is 1. The van der Waals surface area contributed by atoms with Crippen molar-refractivity contribution in [3.05, 3.63) is 76.8 Å². The summed E-state index contributed by atoms with van der Waals surface area (Å²) in [5.41, 5.74) is 3.10. The van der Waals surface area contributed by atoms with Gasteiger partial charge in [-0.2, -0.15) is 0 Å². The van der Waals surface area contributed by atoms with Crippen molar-refractivity contribution in [2.75, 3.05) is 5.32 Å². The van der Waals surface area contributed by atoms with Gasteiger partial charge in [-0.05, 0) is 35.9 Å². The molecule has 106 valence electrons. The standard InChI is InChI=1S/C16H13Cl2N3/c17-13-7-12(8-14(18)9-13)10-20-15-3-1-2-4-16(15)21-6-5-19-11-21/h1-9,11,20H,10H2. The van der Waals surface area contributed by atoms with Crippen molar-refractivity contribution in [1.82, 2.24) is 9.55 Å². The summed E-state index contributed by atoms with van der Waals surface area (Å²) in [7, 11) is 0. The van der Waals surface area contributed by atoms with Gasteiger partial charge in [0.25, 0.3) is 0 Å². The van der Waals surface area contributed by atoms with Crippen LogP contribution in [0.5, 0.6) is 0 Å². The van der Waals surface area contributed by atoms with Crippen LogP contribution in [0.15, 0.2) is 61.2 Å². The zero-order valence-electron chi connectivity index (χ0n) is 11.1. The highest BCUT2D eigenvalue weighted by Crippen LogP contribution is 2.23. The summed E-state index contributed by atoms with van der Waals surface area (Å²) in [6.07, 6.45) is 5.45. The number of benzene rings is 2. The van der Waals surface area contributed by atoms with Crippen LogP contribution in [0, 0.1) is 0 Å². The molecule has 3 nitrogen and oxygen atoms in total. The maximum atomic E-state index is 6.02. The minimum atomic E-state index is 0.641. The van der Waals surface area contributed by atoms with Crippen LogP contribution >= 0.6 is 23.2 Å². The molecule has 0 atom stereocenters. The molecule has 0 aliphatic heterocycles. The topological polar surface area (TPSA) is 29.9 Å². The van der Waals surface area contributed by atoms with Gasteiger partial charge in [0, 0.05) is 29.0 Å². The van der Waals surface area contributed by atoms with E-state index >= 15 is 0 Å². The Labute approximate surface area is 133 Å². The average molecular weight is 318 g/mol. The molecular formula is C16H13Cl2N3. The largest absolute Gasteiger partial charge is 0.379 e. The molecule has 1 aromatic heterocycles. The van der Waals surface area contributed by atoms with Gasteiger partial charge in [-0.25, -0.2) is 4.98 Å². The van der Waals surface area contributed by atoms with Gasteiger partial charge in [0.05, 0.1) is 17.7 Å². The molecule has 0 unspecified atom stereocenters. The Bertz CT molecular complexity index is 719. The Hall–Kier alpha value is -1.97. The first-order valence-electron chi connectivity index (χ1n) is 6.48. The number of aromatic nitrogens is 2. The van der Waals surface area contributed by atoms with Crippen molar-refractivity contribution in [2.45, 2.75) is 6.54 Å². The second-order valence-corrected chi connectivity index (χ2v) is 5.49. The van der Waals surface area contributed by atoms with Gasteiger partial charge in [-0.3, -0.25) is 0 Å². The smallest absolute Gasteiger partial charge is 0.0992 e. The number of hydrogen-bond acceptors (Lipinski definition) is 2. The normalized spacial score (nSPS) is 10.6. The monoisotopic (exact) mass is 317 g/mol. The maximum Gasteiger partial charge on any atom is 0.0992 e. The second kappa shape index (κ2) is 6.20. The Kier molecular flexibility index (Phi) is 4.13. The molecule has 3 rings (SSSR count). The Morgan fingerprint density at radius 3 is 2.52 bits per heavy atom. The van der Waals surface area contributed by atoms with Crippen molar-refractivity contribution < 1.29 is 0 Å². The Balaban J connectivity index is 1.82. The molecular weight excluding hydrogens is 305 g/mol. The molecule has 0 aliphatic carbocycles. The highest BCUT2D eigenvalue weighted by Gasteiger charge is 2.04. The van der Waals surface area contributed by atoms with Crippen LogP contribution in [0.25, 0.3) is 5.69 Å². The number of nitrogens with zero attached hydrogens (tertiary/aromatic N) is 2. The predicted octanol–water partition coefficient (Wildman–Crippen LogP) is 4.79. The first-order chi connectivity index (χ1) is 10.2. The molecule has 1 N–H and O–H groups in total. The van der Waals surface area contributed by atoms with Crippen molar-refractivity contribution in [1.29, 1.82) is 0 Å². The van der Waals surface area contributed by atoms with E-state index in [1.165, 1.54) is 0 Å². The van der Waals surface area contributed by atoms with E-state index in [0.717, 1.165) is 16.9 Å². The number of halogens is 2. The summed E-state index contributed by atoms with van der Waals surface area (Å²) in [4.78, 5) is 4.08. The number of imidazole rings is 1. The number of nitrogens with one attached hydrogen (secondary N) is 1. The fourth-order valence-electron chi connectivity index (χ4n) is 2.16. The van der Waals surface area contributed by atoms with Gasteiger partial charge < -0.3 is 9.88 Å². The van der Waals surface area contributed by atoms with E-state index < -0.39 is 0 Å². The van der Waals surface area contributed by atoms with E-state index in [2.05, 4.69) is 10.3 Å². The van der Waals surface area contributed by atoms with Gasteiger partial charge in [0.1, 0.15) is 0 Å². The van der Waals surface area contributed by atoms with Crippen molar-refractivity contribution in [2.24, 2.45) is 0 Å². The minimum absolute atomic E-state index is 0.641. The van der Waals surface area contributed by atoms with Gasteiger partial charge >= 0.3 is 0 Å². The highest BCUT2D eigenvalue weighted by atomic mass is 35.5. The fraction of sp³-hybridized carbons (Fsp3) is 0.0625. The zero-order valence-corrected chi connectivity index (χ0v) is 12.6. The Morgan fingerprint density at radius 1 is 1.05 bits per heavy atom. The van der Waals surface area contributed by atoms with E-state index in [1.807, 2.05) is 47.2 Å². The van der Waals surface area contributed by atoms with Gasteiger partial charge in [0.2, 0.25) is 0 Å². The van der Waals surface area contributed by atoms with Crippen LogP contribution in [0.3, 0.4) is 0 Å². The summed E-state index contributed by atoms with van der Waals surface area (Å²) in [6, 6.07) is 13.6. The van der Waals surface area contributed by atoms with Crippen molar-refractivity contribution in [3.63, 3.8) is 0 Å². The third-order valence-corrected chi connectivity index (χ3v) is 3.53. The molecule has 3 aromatic rings. The molecule has 5 heteroatoms. The molecule has 1 heterocycles. The Morgan fingerprint density at radius 2 is 1.81 bits per heavy atom. The van der Waals surface area contributed by atoms with E-state index in [0.29, 0.717) is 16.6 Å². The van der Waals surface area contributed by atoms with Crippen molar-refractivity contribution in [3.8, 4) is 5.69 Å². The van der Waals surface area contributed by atoms with Crippen LogP contribution in [0.4, 0.5) is 5.69 Å². The molecule has 0 spiro atoms. The van der Waals surface area contributed by atoms with Crippen LogP contribution in [-0.2, 0) is 6.54 Å². The minimum Gasteiger partial charge on any atom is -0.379 e. The lowest BCUT2D eigenvalue weighted by Gasteiger charge is -2.13. The lowest BCUT2D eigenvalue weighted by atomic mass is 10.2. The van der Waals surface area contributed by atoms with E-state index in [-0.39, 0.29) is 0 Å². The van der Waals surface area contributed by atoms with Gasteiger partial charge in [0.15, 0.2) is 0 Å². The molecule has 0 aliphatic rings. The molecule has 0 amide bonds. The summed E-state index contributed by atoms with van der Waals surface area (Å²) < 4.78 is 1.97. The third kappa shape index (κ3) is 3.38. The van der Waals surface area contributed by atoms with Gasteiger partial charge in [-0.15, -0.1) is 0 Å². The molecule has 21 heavy (non-hydrogen) atoms. The van der Waals surface area contributed by atoms with E-state index in [1.54, 1.807) is 18.6 Å². The third-order valence-electron chi connectivity index (χ3n) is 3.09. The zero-order chi connectivity index (χ0) is 14.7. The van der Waals surface area contributed by atoms with Crippen LogP contribution in [-0.4, -0.2) is 9.55 Å². The lowest BCUT2D eigenvalue weighted by molar-refractivity contribution is 1.04. The van der Waals surface area contributed by atoms with Gasteiger partial charge in [-0.1, -0.05) is 35.3 Å². The number of para-hydroxylation sites is 2. The quantitative estimate of drug-likeness (QED) is 0.749. The fourth-order valence-corrected chi connectivity index (χ4v) is 2.73. The average Bonchev–Trinajstić information content (AvgIpc) is 2.98. The van der Waals surface area contributed by atoms with Crippen molar-refractivity contribution >= 4 is 28.9 Å². The molecule has 2 aromatic carbocycles. The first kappa shape index (κ1) is 14.0. The summed E-state index contributed by atoms with van der Waals surface area (Å²) >= 11 is 12.0. The first-order valence-corrected chi connectivity index (χ1v) is 7.24. The molecule has 0 radical (unpaired) electrons. The summed E-state index contributed by atoms with van der Waals surface area (Å²) in [5.74, 6) is 0. The maximum absolute atomic E-state index is 6.02. The van der Waals surface area contributed by atoms with Crippen LogP contribution in [0.2, 0.25) is 10.0 Å². The molecule has 0 fully saturated rings. The molecule has 0 bridgehead atoms. The van der Waals surface area contributed by atoms with Crippen LogP contribution < -0.4 is 5.32 Å². The summed E-state index contributed by atoms with van der Waals surface area (Å²) in [6.45, 7) is 0.645. The summed E-state index contributed by atoms with van der Waals surface area (Å²) in [5, 5.41) is 4.69. The number of rotatable bonds is 4. The predicted molar refractivity (Wildman–Crippen MR) is 87.4 cm³/mol. The SMILES string of the molecule is Clc1cc(Cl)cc(CNc2ccccc2-n2ccnc2)c1. The number of anilines is 1. The lowest BCUT2D eigenvalue weighted by Crippen LogP contribution is -2.03. The van der Waals surface area contributed by atoms with E-state index in [9.17, 15) is 0 Å².